The SMILES string of the molecule is CNC(c1ccc(Cl)cc1Cl)C(C)N. The van der Waals surface area contributed by atoms with Crippen molar-refractivity contribution in [1.82, 2.24) is 5.32 Å². The average molecular weight is 233 g/mol. The Bertz CT molecular complexity index is 313. The summed E-state index contributed by atoms with van der Waals surface area (Å²) in [6.45, 7) is 1.94. The molecule has 1 aromatic carbocycles. The van der Waals surface area contributed by atoms with Gasteiger partial charge in [0.15, 0.2) is 0 Å². The van der Waals surface area contributed by atoms with E-state index in [1.165, 1.54) is 0 Å². The Hall–Kier alpha value is -0.280. The van der Waals surface area contributed by atoms with Gasteiger partial charge >= 0.3 is 0 Å². The highest BCUT2D eigenvalue weighted by molar-refractivity contribution is 6.35. The zero-order chi connectivity index (χ0) is 10.7. The maximum absolute atomic E-state index is 6.07. The second-order valence-corrected chi connectivity index (χ2v) is 4.13. The van der Waals surface area contributed by atoms with Crippen LogP contribution in [-0.2, 0) is 0 Å². The Labute approximate surface area is 94.4 Å². The Balaban J connectivity index is 3.04. The number of rotatable bonds is 3. The van der Waals surface area contributed by atoms with Gasteiger partial charge in [-0.1, -0.05) is 29.3 Å². The minimum atomic E-state index is -0.00123. The van der Waals surface area contributed by atoms with Crippen LogP contribution >= 0.6 is 23.2 Å². The molecule has 0 aliphatic rings. The van der Waals surface area contributed by atoms with Crippen LogP contribution < -0.4 is 11.1 Å². The first kappa shape index (κ1) is 11.8. The molecule has 2 atom stereocenters. The molecule has 0 spiro atoms. The number of nitrogens with one attached hydrogen (secondary N) is 1. The number of benzene rings is 1. The summed E-state index contributed by atoms with van der Waals surface area (Å²) in [5.41, 5.74) is 6.81. The average Bonchev–Trinajstić information content (AvgIpc) is 2.09. The third kappa shape index (κ3) is 2.61. The van der Waals surface area contributed by atoms with E-state index in [1.807, 2.05) is 26.1 Å². The molecule has 0 heterocycles. The lowest BCUT2D eigenvalue weighted by Gasteiger charge is -2.21. The molecule has 2 unspecified atom stereocenters. The minimum Gasteiger partial charge on any atom is -0.326 e. The molecule has 0 aliphatic heterocycles. The molecule has 0 aliphatic carbocycles. The Morgan fingerprint density at radius 2 is 2.00 bits per heavy atom. The molecule has 2 nitrogen and oxygen atoms in total. The van der Waals surface area contributed by atoms with Crippen LogP contribution in [0, 0.1) is 0 Å². The van der Waals surface area contributed by atoms with E-state index >= 15 is 0 Å². The molecule has 3 N–H and O–H groups in total. The smallest absolute Gasteiger partial charge is 0.0483 e. The molecule has 0 radical (unpaired) electrons. The van der Waals surface area contributed by atoms with Gasteiger partial charge < -0.3 is 11.1 Å². The van der Waals surface area contributed by atoms with Crippen LogP contribution in [0.25, 0.3) is 0 Å². The van der Waals surface area contributed by atoms with E-state index in [4.69, 9.17) is 28.9 Å². The van der Waals surface area contributed by atoms with Gasteiger partial charge in [-0.3, -0.25) is 0 Å². The highest BCUT2D eigenvalue weighted by atomic mass is 35.5. The first-order valence-corrected chi connectivity index (χ1v) is 5.19. The number of likely N-dealkylation sites (N-methyl/N-ethyl adjacent to an activating group) is 1. The van der Waals surface area contributed by atoms with Crippen LogP contribution in [0.5, 0.6) is 0 Å². The molecule has 0 aromatic heterocycles. The Morgan fingerprint density at radius 3 is 2.43 bits per heavy atom. The lowest BCUT2D eigenvalue weighted by molar-refractivity contribution is 0.504. The summed E-state index contributed by atoms with van der Waals surface area (Å²) in [5, 5.41) is 4.41. The molecule has 0 amide bonds. The van der Waals surface area contributed by atoms with Gasteiger partial charge in [-0.15, -0.1) is 0 Å². The van der Waals surface area contributed by atoms with Crippen molar-refractivity contribution < 1.29 is 0 Å². The minimum absolute atomic E-state index is 0.00123. The van der Waals surface area contributed by atoms with E-state index in [0.29, 0.717) is 10.0 Å². The second-order valence-electron chi connectivity index (χ2n) is 3.29. The Morgan fingerprint density at radius 1 is 1.36 bits per heavy atom. The number of hydrogen-bond acceptors (Lipinski definition) is 2. The number of hydrogen-bond donors (Lipinski definition) is 2. The highest BCUT2D eigenvalue weighted by Crippen LogP contribution is 2.27. The van der Waals surface area contributed by atoms with Crippen molar-refractivity contribution in [3.05, 3.63) is 33.8 Å². The van der Waals surface area contributed by atoms with Gasteiger partial charge in [-0.05, 0) is 31.7 Å². The van der Waals surface area contributed by atoms with E-state index in [9.17, 15) is 0 Å². The van der Waals surface area contributed by atoms with Crippen molar-refractivity contribution in [3.63, 3.8) is 0 Å². The molecule has 0 fully saturated rings. The van der Waals surface area contributed by atoms with Crippen LogP contribution in [0.2, 0.25) is 10.0 Å². The zero-order valence-corrected chi connectivity index (χ0v) is 9.73. The van der Waals surface area contributed by atoms with Crippen LogP contribution in [-0.4, -0.2) is 13.1 Å². The van der Waals surface area contributed by atoms with E-state index in [0.717, 1.165) is 5.56 Å². The number of halogens is 2. The molecule has 0 saturated heterocycles. The zero-order valence-electron chi connectivity index (χ0n) is 8.22. The molecular formula is C10H14Cl2N2. The summed E-state index contributed by atoms with van der Waals surface area (Å²) in [6.07, 6.45) is 0. The summed E-state index contributed by atoms with van der Waals surface area (Å²) in [6, 6.07) is 5.49. The second kappa shape index (κ2) is 4.99. The van der Waals surface area contributed by atoms with Gasteiger partial charge in [0.25, 0.3) is 0 Å². The fraction of sp³-hybridized carbons (Fsp3) is 0.400. The van der Waals surface area contributed by atoms with Crippen molar-refractivity contribution >= 4 is 23.2 Å². The third-order valence-electron chi connectivity index (χ3n) is 2.13. The van der Waals surface area contributed by atoms with E-state index < -0.39 is 0 Å². The lowest BCUT2D eigenvalue weighted by Crippen LogP contribution is -2.33. The predicted octanol–water partition coefficient (Wildman–Crippen LogP) is 2.60. The summed E-state index contributed by atoms with van der Waals surface area (Å²) >= 11 is 11.9. The largest absolute Gasteiger partial charge is 0.326 e. The van der Waals surface area contributed by atoms with Crippen molar-refractivity contribution in [2.75, 3.05) is 7.05 Å². The van der Waals surface area contributed by atoms with Gasteiger partial charge in [0.2, 0.25) is 0 Å². The summed E-state index contributed by atoms with van der Waals surface area (Å²) in [4.78, 5) is 0. The summed E-state index contributed by atoms with van der Waals surface area (Å²) in [5.74, 6) is 0. The third-order valence-corrected chi connectivity index (χ3v) is 2.70. The van der Waals surface area contributed by atoms with Gasteiger partial charge in [0, 0.05) is 22.1 Å². The normalized spacial score (nSPS) is 15.2. The van der Waals surface area contributed by atoms with Gasteiger partial charge in [-0.2, -0.15) is 0 Å². The van der Waals surface area contributed by atoms with Crippen molar-refractivity contribution in [3.8, 4) is 0 Å². The van der Waals surface area contributed by atoms with Gasteiger partial charge in [-0.25, -0.2) is 0 Å². The maximum Gasteiger partial charge on any atom is 0.0483 e. The molecule has 1 aromatic rings. The first-order chi connectivity index (χ1) is 6.56. The molecular weight excluding hydrogens is 219 g/mol. The molecule has 0 saturated carbocycles. The van der Waals surface area contributed by atoms with Crippen LogP contribution in [0.1, 0.15) is 18.5 Å². The van der Waals surface area contributed by atoms with Crippen molar-refractivity contribution in [2.45, 2.75) is 19.0 Å². The van der Waals surface area contributed by atoms with Gasteiger partial charge in [0.05, 0.1) is 0 Å². The summed E-state index contributed by atoms with van der Waals surface area (Å²) in [7, 11) is 1.86. The lowest BCUT2D eigenvalue weighted by atomic mass is 10.0. The predicted molar refractivity (Wildman–Crippen MR) is 61.9 cm³/mol. The Kier molecular flexibility index (Phi) is 4.20. The fourth-order valence-electron chi connectivity index (χ4n) is 1.46. The monoisotopic (exact) mass is 232 g/mol. The molecule has 14 heavy (non-hydrogen) atoms. The fourth-order valence-corrected chi connectivity index (χ4v) is 1.98. The van der Waals surface area contributed by atoms with E-state index in [1.54, 1.807) is 6.07 Å². The van der Waals surface area contributed by atoms with E-state index in [-0.39, 0.29) is 12.1 Å². The topological polar surface area (TPSA) is 38.0 Å². The highest BCUT2D eigenvalue weighted by Gasteiger charge is 2.16. The van der Waals surface area contributed by atoms with Crippen molar-refractivity contribution in [2.24, 2.45) is 5.73 Å². The first-order valence-electron chi connectivity index (χ1n) is 4.44. The van der Waals surface area contributed by atoms with Crippen LogP contribution in [0.4, 0.5) is 0 Å². The quantitative estimate of drug-likeness (QED) is 0.842. The summed E-state index contributed by atoms with van der Waals surface area (Å²) < 4.78 is 0. The van der Waals surface area contributed by atoms with Crippen LogP contribution in [0.3, 0.4) is 0 Å². The molecule has 78 valence electrons. The standard InChI is InChI=1S/C10H14Cl2N2/c1-6(13)10(14-2)8-4-3-7(11)5-9(8)12/h3-6,10,14H,13H2,1-2H3. The number of nitrogens with two attached hydrogens (primary N) is 1. The van der Waals surface area contributed by atoms with E-state index in [2.05, 4.69) is 5.32 Å². The van der Waals surface area contributed by atoms with Crippen LogP contribution in [0.15, 0.2) is 18.2 Å². The molecule has 4 heteroatoms. The van der Waals surface area contributed by atoms with Gasteiger partial charge in [0.1, 0.15) is 0 Å². The molecule has 0 bridgehead atoms. The maximum atomic E-state index is 6.07. The van der Waals surface area contributed by atoms with Crippen molar-refractivity contribution in [1.29, 1.82) is 0 Å². The molecule has 1 rings (SSSR count).